The van der Waals surface area contributed by atoms with Gasteiger partial charge >= 0.3 is 0 Å². The molecule has 0 aromatic carbocycles. The average Bonchev–Trinajstić information content (AvgIpc) is 2.48. The van der Waals surface area contributed by atoms with Crippen LogP contribution in [0, 0.1) is 0 Å². The Morgan fingerprint density at radius 2 is 1.52 bits per heavy atom. The molecule has 4 heteroatoms. The van der Waals surface area contributed by atoms with Crippen LogP contribution in [0.4, 0.5) is 0 Å². The van der Waals surface area contributed by atoms with E-state index in [-0.39, 0.29) is 34.5 Å². The van der Waals surface area contributed by atoms with Crippen molar-refractivity contribution in [2.75, 3.05) is 0 Å². The highest BCUT2D eigenvalue weighted by molar-refractivity contribution is 8.93. The number of carbonyl (C=O) groups is 1. The number of rotatable bonds is 14. The molecule has 0 aliphatic rings. The second-order valence-electron chi connectivity index (χ2n) is 6.87. The Balaban J connectivity index is 0. The molecule has 3 N–H and O–H groups in total. The van der Waals surface area contributed by atoms with E-state index in [0.717, 1.165) is 12.8 Å². The molecule has 0 saturated carbocycles. The highest BCUT2D eigenvalue weighted by Crippen LogP contribution is 2.18. The number of nitrogens with one attached hydrogen (secondary N) is 1. The topological polar surface area (TPSA) is 55.1 Å². The number of halogens is 1. The zero-order valence-electron chi connectivity index (χ0n) is 15.5. The number of hydrogen-bond acceptors (Lipinski definition) is 2. The summed E-state index contributed by atoms with van der Waals surface area (Å²) in [5, 5.41) is 2.87. The minimum atomic E-state index is -0.348. The lowest BCUT2D eigenvalue weighted by Gasteiger charge is -2.32. The molecule has 1 amide bonds. The van der Waals surface area contributed by atoms with Crippen molar-refractivity contribution in [2.24, 2.45) is 5.73 Å². The molecule has 0 heterocycles. The summed E-state index contributed by atoms with van der Waals surface area (Å²) in [6, 6.07) is -0.0310. The minimum absolute atomic E-state index is 0. The van der Waals surface area contributed by atoms with Crippen molar-refractivity contribution in [3.8, 4) is 0 Å². The maximum atomic E-state index is 11.3. The van der Waals surface area contributed by atoms with Crippen molar-refractivity contribution >= 4 is 22.9 Å². The maximum Gasteiger partial charge on any atom is 0.243 e. The summed E-state index contributed by atoms with van der Waals surface area (Å²) in [5.74, 6) is -0.146. The van der Waals surface area contributed by atoms with Crippen LogP contribution >= 0.6 is 17.0 Å². The summed E-state index contributed by atoms with van der Waals surface area (Å²) in [4.78, 5) is 11.3. The van der Waals surface area contributed by atoms with E-state index in [1.54, 1.807) is 0 Å². The van der Waals surface area contributed by atoms with Gasteiger partial charge in [0.2, 0.25) is 5.91 Å². The first kappa shape index (κ1) is 24.9. The highest BCUT2D eigenvalue weighted by Gasteiger charge is 2.26. The van der Waals surface area contributed by atoms with Gasteiger partial charge in [-0.3, -0.25) is 4.79 Å². The number of hydrogen-bond donors (Lipinski definition) is 2. The molecule has 138 valence electrons. The lowest BCUT2D eigenvalue weighted by molar-refractivity contribution is -0.117. The van der Waals surface area contributed by atoms with Gasteiger partial charge in [-0.25, -0.2) is 0 Å². The van der Waals surface area contributed by atoms with Crippen molar-refractivity contribution in [1.82, 2.24) is 5.32 Å². The number of unbranched alkanes of at least 4 members (excludes halogenated alkanes) is 9. The van der Waals surface area contributed by atoms with E-state index < -0.39 is 0 Å². The molecule has 0 fully saturated rings. The number of nitrogens with two attached hydrogens (primary N) is 1. The smallest absolute Gasteiger partial charge is 0.243 e. The third kappa shape index (κ3) is 13.8. The van der Waals surface area contributed by atoms with E-state index in [1.807, 2.05) is 13.8 Å². The van der Waals surface area contributed by atoms with E-state index >= 15 is 0 Å². The highest BCUT2D eigenvalue weighted by atomic mass is 79.9. The largest absolute Gasteiger partial charge is 0.348 e. The summed E-state index contributed by atoms with van der Waals surface area (Å²) < 4.78 is 0. The molecule has 3 nitrogen and oxygen atoms in total. The average molecular weight is 391 g/mol. The molecule has 2 atom stereocenters. The van der Waals surface area contributed by atoms with Crippen molar-refractivity contribution in [3.63, 3.8) is 0 Å². The molecule has 0 radical (unpaired) electrons. The fourth-order valence-electron chi connectivity index (χ4n) is 2.65. The molecule has 0 bridgehead atoms. The van der Waals surface area contributed by atoms with Crippen LogP contribution in [-0.4, -0.2) is 17.5 Å². The Morgan fingerprint density at radius 1 is 1.09 bits per heavy atom. The molecule has 0 aromatic heterocycles. The lowest BCUT2D eigenvalue weighted by Crippen LogP contribution is -2.54. The Kier molecular flexibility index (Phi) is 16.4. The minimum Gasteiger partial charge on any atom is -0.348 e. The summed E-state index contributed by atoms with van der Waals surface area (Å²) >= 11 is 0. The zero-order chi connectivity index (χ0) is 16.8. The second kappa shape index (κ2) is 15.2. The van der Waals surface area contributed by atoms with Gasteiger partial charge in [0.05, 0.1) is 0 Å². The summed E-state index contributed by atoms with van der Waals surface area (Å²) in [6.45, 7) is 9.72. The zero-order valence-corrected chi connectivity index (χ0v) is 17.2. The van der Waals surface area contributed by atoms with Gasteiger partial charge in [-0.1, -0.05) is 77.7 Å². The van der Waals surface area contributed by atoms with Crippen LogP contribution in [0.5, 0.6) is 0 Å². The fraction of sp³-hybridized carbons (Fsp3) is 0.842. The molecule has 2 unspecified atom stereocenters. The van der Waals surface area contributed by atoms with Crippen molar-refractivity contribution in [1.29, 1.82) is 0 Å². The number of carbonyl (C=O) groups excluding carboxylic acids is 1. The van der Waals surface area contributed by atoms with Gasteiger partial charge in [-0.2, -0.15) is 0 Å². The van der Waals surface area contributed by atoms with Crippen LogP contribution in [0.1, 0.15) is 91.4 Å². The number of amides is 1. The molecule has 0 aliphatic carbocycles. The Bertz CT molecular complexity index is 306. The van der Waals surface area contributed by atoms with Gasteiger partial charge in [0.15, 0.2) is 0 Å². The molecule has 0 spiro atoms. The van der Waals surface area contributed by atoms with Crippen LogP contribution in [0.2, 0.25) is 0 Å². The van der Waals surface area contributed by atoms with Crippen LogP contribution in [0.15, 0.2) is 12.7 Å². The molecule has 0 aromatic rings. The van der Waals surface area contributed by atoms with E-state index in [2.05, 4.69) is 18.8 Å². The van der Waals surface area contributed by atoms with E-state index in [0.29, 0.717) is 0 Å². The van der Waals surface area contributed by atoms with E-state index in [1.165, 1.54) is 63.9 Å². The monoisotopic (exact) mass is 390 g/mol. The Morgan fingerprint density at radius 3 is 1.96 bits per heavy atom. The summed E-state index contributed by atoms with van der Waals surface area (Å²) in [5.41, 5.74) is 5.97. The van der Waals surface area contributed by atoms with Crippen molar-refractivity contribution in [2.45, 2.75) is 103 Å². The molecule has 23 heavy (non-hydrogen) atoms. The maximum absolute atomic E-state index is 11.3. The van der Waals surface area contributed by atoms with Gasteiger partial charge in [-0.15, -0.1) is 17.0 Å². The second-order valence-corrected chi connectivity index (χ2v) is 6.87. The van der Waals surface area contributed by atoms with Crippen LogP contribution < -0.4 is 11.1 Å². The predicted molar refractivity (Wildman–Crippen MR) is 107 cm³/mol. The Labute approximate surface area is 154 Å². The van der Waals surface area contributed by atoms with Gasteiger partial charge in [0.1, 0.15) is 0 Å². The molecule has 0 saturated heterocycles. The first-order chi connectivity index (χ1) is 10.4. The van der Waals surface area contributed by atoms with Gasteiger partial charge < -0.3 is 11.1 Å². The van der Waals surface area contributed by atoms with Crippen LogP contribution in [-0.2, 0) is 4.79 Å². The van der Waals surface area contributed by atoms with E-state index in [9.17, 15) is 4.79 Å². The molecule has 0 aliphatic heterocycles. The predicted octanol–water partition coefficient (Wildman–Crippen LogP) is 5.28. The quantitative estimate of drug-likeness (QED) is 0.313. The first-order valence-corrected chi connectivity index (χ1v) is 9.16. The SMILES string of the molecule is Br.C=CC(=O)NC(C)C(C)(N)CCCCCCCCCCCC. The molecular formula is C19H39BrN2O. The molecular weight excluding hydrogens is 352 g/mol. The summed E-state index contributed by atoms with van der Waals surface area (Å²) in [7, 11) is 0. The normalized spacial score (nSPS) is 14.4. The van der Waals surface area contributed by atoms with Gasteiger partial charge in [0.25, 0.3) is 0 Å². The standard InChI is InChI=1S/C19H38N2O.BrH/c1-5-7-8-9-10-11-12-13-14-15-16-19(4,20)17(3)21-18(22)6-2;/h6,17H,2,5,7-16,20H2,1,3-4H3,(H,21,22);1H. The first-order valence-electron chi connectivity index (χ1n) is 9.16. The van der Waals surface area contributed by atoms with Crippen LogP contribution in [0.3, 0.4) is 0 Å². The van der Waals surface area contributed by atoms with Gasteiger partial charge in [-0.05, 0) is 26.3 Å². The summed E-state index contributed by atoms with van der Waals surface area (Å²) in [6.07, 6.45) is 15.5. The van der Waals surface area contributed by atoms with Crippen molar-refractivity contribution < 1.29 is 4.79 Å². The Hall–Kier alpha value is -0.350. The van der Waals surface area contributed by atoms with E-state index in [4.69, 9.17) is 5.73 Å². The lowest BCUT2D eigenvalue weighted by atomic mass is 9.88. The van der Waals surface area contributed by atoms with Crippen LogP contribution in [0.25, 0.3) is 0 Å². The van der Waals surface area contributed by atoms with Crippen molar-refractivity contribution in [3.05, 3.63) is 12.7 Å². The third-order valence-electron chi connectivity index (χ3n) is 4.60. The third-order valence-corrected chi connectivity index (χ3v) is 4.60. The fourth-order valence-corrected chi connectivity index (χ4v) is 2.65. The molecule has 0 rings (SSSR count). The van der Waals surface area contributed by atoms with Gasteiger partial charge in [0, 0.05) is 11.6 Å².